The lowest BCUT2D eigenvalue weighted by atomic mass is 9.86. The van der Waals surface area contributed by atoms with Gasteiger partial charge in [-0.15, -0.1) is 0 Å². The molecule has 0 bridgehead atoms. The molecule has 1 aliphatic rings. The average molecular weight is 509 g/mol. The Morgan fingerprint density at radius 1 is 1.24 bits per heavy atom. The Balaban J connectivity index is 1.78. The number of carbonyl (C=O) groups is 1. The number of nitrogens with zero attached hydrogens (tertiary/aromatic N) is 4. The van der Waals surface area contributed by atoms with Gasteiger partial charge in [-0.05, 0) is 37.0 Å². The van der Waals surface area contributed by atoms with E-state index in [2.05, 4.69) is 10.3 Å². The van der Waals surface area contributed by atoms with Gasteiger partial charge in [-0.25, -0.2) is 4.79 Å². The third kappa shape index (κ3) is 4.57. The average Bonchev–Trinajstić information content (AvgIpc) is 3.16. The first-order valence-corrected chi connectivity index (χ1v) is 11.8. The van der Waals surface area contributed by atoms with Crippen LogP contribution in [-0.2, 0) is 24.9 Å². The molecule has 34 heavy (non-hydrogen) atoms. The van der Waals surface area contributed by atoms with E-state index in [0.717, 1.165) is 17.4 Å². The summed E-state index contributed by atoms with van der Waals surface area (Å²) < 4.78 is 4.13. The van der Waals surface area contributed by atoms with Gasteiger partial charge in [-0.3, -0.25) is 18.7 Å². The van der Waals surface area contributed by atoms with Gasteiger partial charge in [0.05, 0.1) is 22.5 Å². The summed E-state index contributed by atoms with van der Waals surface area (Å²) in [6.45, 7) is 0.559. The van der Waals surface area contributed by atoms with Gasteiger partial charge in [0.1, 0.15) is 0 Å². The molecule has 1 aromatic carbocycles. The number of halogens is 2. The van der Waals surface area contributed by atoms with Gasteiger partial charge in [-0.1, -0.05) is 35.7 Å². The molecule has 1 aliphatic carbocycles. The molecule has 3 aromatic rings. The van der Waals surface area contributed by atoms with Gasteiger partial charge < -0.3 is 20.7 Å². The number of rotatable bonds is 7. The van der Waals surface area contributed by atoms with E-state index in [4.69, 9.17) is 28.9 Å². The minimum Gasteiger partial charge on any atom is -0.481 e. The van der Waals surface area contributed by atoms with Crippen molar-refractivity contribution in [1.82, 2.24) is 18.7 Å². The van der Waals surface area contributed by atoms with Gasteiger partial charge in [-0.2, -0.15) is 4.98 Å². The van der Waals surface area contributed by atoms with Crippen molar-refractivity contribution in [2.75, 3.05) is 11.9 Å². The number of aryl methyl sites for hydroxylation is 1. The molecule has 2 unspecified atom stereocenters. The van der Waals surface area contributed by atoms with Crippen molar-refractivity contribution in [2.45, 2.75) is 44.8 Å². The third-order valence-corrected chi connectivity index (χ3v) is 7.01. The Morgan fingerprint density at radius 3 is 2.68 bits per heavy atom. The van der Waals surface area contributed by atoms with Crippen molar-refractivity contribution in [3.8, 4) is 0 Å². The van der Waals surface area contributed by atoms with Gasteiger partial charge in [0.2, 0.25) is 5.95 Å². The first kappa shape index (κ1) is 24.3. The summed E-state index contributed by atoms with van der Waals surface area (Å²) in [4.78, 5) is 42.5. The van der Waals surface area contributed by atoms with E-state index >= 15 is 0 Å². The second kappa shape index (κ2) is 9.81. The van der Waals surface area contributed by atoms with Crippen molar-refractivity contribution in [3.63, 3.8) is 0 Å². The summed E-state index contributed by atoms with van der Waals surface area (Å²) in [7, 11) is 1.56. The minimum atomic E-state index is -0.811. The number of nitrogens with two attached hydrogens (primary N) is 1. The van der Waals surface area contributed by atoms with Crippen LogP contribution in [0.4, 0.5) is 5.95 Å². The van der Waals surface area contributed by atoms with Crippen LogP contribution in [0.15, 0.2) is 27.8 Å². The van der Waals surface area contributed by atoms with Crippen LogP contribution in [0, 0.1) is 5.92 Å². The zero-order valence-electron chi connectivity index (χ0n) is 18.6. The van der Waals surface area contributed by atoms with E-state index < -0.39 is 23.1 Å². The van der Waals surface area contributed by atoms with Crippen LogP contribution in [0.3, 0.4) is 0 Å². The number of imidazole rings is 1. The topological polar surface area (TPSA) is 137 Å². The number of fused-ring (bicyclic) bond motifs is 1. The van der Waals surface area contributed by atoms with E-state index in [-0.39, 0.29) is 30.3 Å². The van der Waals surface area contributed by atoms with Crippen LogP contribution in [-0.4, -0.2) is 42.3 Å². The zero-order valence-corrected chi connectivity index (χ0v) is 20.1. The Labute approximate surface area is 204 Å². The lowest BCUT2D eigenvalue weighted by Crippen LogP contribution is -2.40. The SMILES string of the molecule is Cn1c(=O)n(Cc2ccc(Cl)c(Cl)c2)c(=O)c2c1nc(NC1CCCC(C(=O)O)C1)n2CCN. The predicted octanol–water partition coefficient (Wildman–Crippen LogP) is 2.27. The van der Waals surface area contributed by atoms with Crippen LogP contribution in [0.25, 0.3) is 11.2 Å². The van der Waals surface area contributed by atoms with Gasteiger partial charge in [0.15, 0.2) is 11.2 Å². The van der Waals surface area contributed by atoms with Crippen LogP contribution in [0.5, 0.6) is 0 Å². The molecule has 4 N–H and O–H groups in total. The Morgan fingerprint density at radius 2 is 2.00 bits per heavy atom. The summed E-state index contributed by atoms with van der Waals surface area (Å²) in [6.07, 6.45) is 2.67. The summed E-state index contributed by atoms with van der Waals surface area (Å²) in [5.74, 6) is -0.836. The molecule has 0 amide bonds. The lowest BCUT2D eigenvalue weighted by Gasteiger charge is -2.27. The molecule has 0 aliphatic heterocycles. The molecule has 0 spiro atoms. The maximum Gasteiger partial charge on any atom is 0.332 e. The Hall–Kier alpha value is -2.82. The smallest absolute Gasteiger partial charge is 0.332 e. The standard InChI is InChI=1S/C22H26Cl2N6O4/c1-28-18-17(19(31)30(22(28)34)11-12-5-6-15(23)16(24)9-12)29(8-7-25)21(27-18)26-14-4-2-3-13(10-14)20(32)33/h5-6,9,13-14H,2-4,7-8,10-11,25H2,1H3,(H,26,27)(H,32,33). The van der Waals surface area contributed by atoms with Gasteiger partial charge >= 0.3 is 11.7 Å². The minimum absolute atomic E-state index is 0.0117. The second-order valence-corrected chi connectivity index (χ2v) is 9.39. The quantitative estimate of drug-likeness (QED) is 0.444. The van der Waals surface area contributed by atoms with E-state index in [9.17, 15) is 19.5 Å². The van der Waals surface area contributed by atoms with Crippen LogP contribution in [0.1, 0.15) is 31.2 Å². The second-order valence-electron chi connectivity index (χ2n) is 8.57. The molecule has 2 heterocycles. The Kier molecular flexibility index (Phi) is 7.01. The number of hydrogen-bond acceptors (Lipinski definition) is 6. The normalized spacial score (nSPS) is 18.4. The molecule has 1 fully saturated rings. The number of carboxylic acid groups (broad SMARTS) is 1. The van der Waals surface area contributed by atoms with Crippen molar-refractivity contribution >= 4 is 46.3 Å². The fourth-order valence-corrected chi connectivity index (χ4v) is 4.84. The molecule has 4 rings (SSSR count). The molecule has 2 aromatic heterocycles. The highest BCUT2D eigenvalue weighted by atomic mass is 35.5. The molecule has 0 saturated heterocycles. The van der Waals surface area contributed by atoms with E-state index in [1.54, 1.807) is 29.8 Å². The summed E-state index contributed by atoms with van der Waals surface area (Å²) in [5.41, 5.74) is 5.95. The highest BCUT2D eigenvalue weighted by molar-refractivity contribution is 6.42. The fourth-order valence-electron chi connectivity index (χ4n) is 4.52. The summed E-state index contributed by atoms with van der Waals surface area (Å²) >= 11 is 12.1. The van der Waals surface area contributed by atoms with E-state index in [1.165, 1.54) is 4.57 Å². The van der Waals surface area contributed by atoms with Crippen molar-refractivity contribution < 1.29 is 9.90 Å². The lowest BCUT2D eigenvalue weighted by molar-refractivity contribution is -0.142. The molecule has 12 heteroatoms. The zero-order chi connectivity index (χ0) is 24.6. The number of carboxylic acids is 1. The van der Waals surface area contributed by atoms with Gasteiger partial charge in [0.25, 0.3) is 5.56 Å². The molecule has 10 nitrogen and oxygen atoms in total. The van der Waals surface area contributed by atoms with E-state index in [1.807, 2.05) is 0 Å². The number of aromatic nitrogens is 4. The molecule has 1 saturated carbocycles. The molecule has 0 radical (unpaired) electrons. The molecular weight excluding hydrogens is 483 g/mol. The van der Waals surface area contributed by atoms with Crippen LogP contribution < -0.4 is 22.3 Å². The highest BCUT2D eigenvalue weighted by Crippen LogP contribution is 2.28. The molecule has 182 valence electrons. The maximum absolute atomic E-state index is 13.5. The van der Waals surface area contributed by atoms with Crippen molar-refractivity contribution in [2.24, 2.45) is 18.7 Å². The highest BCUT2D eigenvalue weighted by Gasteiger charge is 2.29. The Bertz CT molecular complexity index is 1360. The third-order valence-electron chi connectivity index (χ3n) is 6.27. The van der Waals surface area contributed by atoms with E-state index in [0.29, 0.717) is 40.9 Å². The number of aliphatic carboxylic acids is 1. The molecule has 2 atom stereocenters. The number of hydrogen-bond donors (Lipinski definition) is 3. The maximum atomic E-state index is 13.5. The fraction of sp³-hybridized carbons (Fsp3) is 0.455. The largest absolute Gasteiger partial charge is 0.481 e. The number of anilines is 1. The van der Waals surface area contributed by atoms with Crippen molar-refractivity contribution in [3.05, 3.63) is 54.6 Å². The van der Waals surface area contributed by atoms with Gasteiger partial charge in [0, 0.05) is 26.2 Å². The first-order chi connectivity index (χ1) is 16.2. The predicted molar refractivity (Wildman–Crippen MR) is 131 cm³/mol. The molecular formula is C22H26Cl2N6O4. The van der Waals surface area contributed by atoms with Crippen LogP contribution >= 0.6 is 23.2 Å². The number of benzene rings is 1. The monoisotopic (exact) mass is 508 g/mol. The summed E-state index contributed by atoms with van der Waals surface area (Å²) in [6, 6.07) is 4.82. The van der Waals surface area contributed by atoms with Crippen LogP contribution in [0.2, 0.25) is 10.0 Å². The summed E-state index contributed by atoms with van der Waals surface area (Å²) in [5, 5.41) is 13.4. The van der Waals surface area contributed by atoms with Crippen molar-refractivity contribution in [1.29, 1.82) is 0 Å². The first-order valence-electron chi connectivity index (χ1n) is 11.0. The number of nitrogens with one attached hydrogen (secondary N) is 1.